The molecule has 0 unspecified atom stereocenters. The van der Waals surface area contributed by atoms with E-state index in [4.69, 9.17) is 12.2 Å². The smallest absolute Gasteiger partial charge is 0.298 e. The van der Waals surface area contributed by atoms with Gasteiger partial charge in [-0.15, -0.1) is 0 Å². The van der Waals surface area contributed by atoms with Crippen molar-refractivity contribution >= 4 is 39.5 Å². The van der Waals surface area contributed by atoms with Gasteiger partial charge in [0, 0.05) is 5.69 Å². The molecule has 3 rings (SSSR count). The lowest BCUT2D eigenvalue weighted by Crippen LogP contribution is -2.34. The number of hydrazine groups is 1. The number of hydrogen-bond acceptors (Lipinski definition) is 7. The van der Waals surface area contributed by atoms with Gasteiger partial charge in [-0.2, -0.15) is 14.0 Å². The van der Waals surface area contributed by atoms with Gasteiger partial charge in [-0.1, -0.05) is 16.4 Å². The van der Waals surface area contributed by atoms with Crippen LogP contribution in [0.2, 0.25) is 0 Å². The Labute approximate surface area is 167 Å². The molecule has 0 saturated carbocycles. The van der Waals surface area contributed by atoms with Gasteiger partial charge in [-0.25, -0.2) is 13.1 Å². The average Bonchev–Trinajstić information content (AvgIpc) is 3.13. The number of aromatic nitrogens is 4. The highest BCUT2D eigenvalue weighted by atomic mass is 32.2. The number of nitrogens with one attached hydrogen (secondary N) is 4. The normalized spacial score (nSPS) is 11.3. The third-order valence-electron chi connectivity index (χ3n) is 3.52. The molecule has 29 heavy (non-hydrogen) atoms. The number of hydrogen-bond donors (Lipinski definition) is 4. The number of carbonyl (C=O) groups is 1. The van der Waals surface area contributed by atoms with Gasteiger partial charge >= 0.3 is 12.3 Å². The molecule has 0 radical (unpaired) electrons. The summed E-state index contributed by atoms with van der Waals surface area (Å²) >= 11 is 4.99. The standard InChI is InChI=1S/C15H13F2N7O3S2/c16-13(17)14(25)19-18-9-4-6-10(7-5-9)21-29(26,27)12-3-1-2-11(8-12)24-15(28)20-22-23-24/h1-8,13,18,21H,(H,19,25)(H,20,23,28). The fourth-order valence-corrected chi connectivity index (χ4v) is 3.46. The number of anilines is 2. The van der Waals surface area contributed by atoms with Gasteiger partial charge in [0.15, 0.2) is 0 Å². The molecule has 0 atom stereocenters. The largest absolute Gasteiger partial charge is 0.317 e. The zero-order valence-electron chi connectivity index (χ0n) is 14.3. The molecule has 4 N–H and O–H groups in total. The number of nitrogens with zero attached hydrogens (tertiary/aromatic N) is 3. The Morgan fingerprint density at radius 2 is 1.83 bits per heavy atom. The fourth-order valence-electron chi connectivity index (χ4n) is 2.18. The second-order valence-electron chi connectivity index (χ2n) is 5.51. The van der Waals surface area contributed by atoms with Crippen LogP contribution in [0, 0.1) is 4.77 Å². The number of amides is 1. The number of rotatable bonds is 7. The third-order valence-corrected chi connectivity index (χ3v) is 5.17. The summed E-state index contributed by atoms with van der Waals surface area (Å²) in [7, 11) is -3.93. The Bertz CT molecular complexity index is 1180. The number of benzene rings is 2. The maximum Gasteiger partial charge on any atom is 0.317 e. The van der Waals surface area contributed by atoms with Crippen molar-refractivity contribution in [3.05, 3.63) is 53.3 Å². The van der Waals surface area contributed by atoms with Crippen molar-refractivity contribution in [2.24, 2.45) is 0 Å². The molecule has 10 nitrogen and oxygen atoms in total. The van der Waals surface area contributed by atoms with Gasteiger partial charge in [-0.05, 0) is 54.7 Å². The van der Waals surface area contributed by atoms with Crippen molar-refractivity contribution in [3.8, 4) is 5.69 Å². The molecule has 0 saturated heterocycles. The van der Waals surface area contributed by atoms with E-state index in [1.54, 1.807) is 6.07 Å². The Hall–Kier alpha value is -3.39. The first-order chi connectivity index (χ1) is 13.8. The molecule has 14 heteroatoms. The minimum Gasteiger partial charge on any atom is -0.298 e. The quantitative estimate of drug-likeness (QED) is 0.325. The maximum absolute atomic E-state index is 12.6. The summed E-state index contributed by atoms with van der Waals surface area (Å²) in [6, 6.07) is 11.5. The number of H-pyrrole nitrogens is 1. The van der Waals surface area contributed by atoms with E-state index in [2.05, 4.69) is 25.7 Å². The van der Waals surface area contributed by atoms with E-state index in [1.165, 1.54) is 47.1 Å². The molecule has 1 aromatic heterocycles. The zero-order valence-corrected chi connectivity index (χ0v) is 16.0. The Balaban J connectivity index is 1.74. The summed E-state index contributed by atoms with van der Waals surface area (Å²) < 4.78 is 53.4. The second-order valence-corrected chi connectivity index (χ2v) is 7.56. The lowest BCUT2D eigenvalue weighted by atomic mass is 10.3. The molecule has 2 aromatic carbocycles. The SMILES string of the molecule is O=C(NNc1ccc(NS(=O)(=O)c2cccc(-n3[nH]nnc3=S)c2)cc1)C(F)F. The predicted octanol–water partition coefficient (Wildman–Crippen LogP) is 1.83. The molecule has 0 aliphatic rings. The monoisotopic (exact) mass is 441 g/mol. The summed E-state index contributed by atoms with van der Waals surface area (Å²) in [5.74, 6) is -1.48. The Morgan fingerprint density at radius 3 is 2.45 bits per heavy atom. The molecule has 0 aliphatic carbocycles. The molecule has 1 heterocycles. The molecular formula is C15H13F2N7O3S2. The fraction of sp³-hybridized carbons (Fsp3) is 0.0667. The summed E-state index contributed by atoms with van der Waals surface area (Å²) in [6.45, 7) is 0. The molecular weight excluding hydrogens is 428 g/mol. The van der Waals surface area contributed by atoms with Gasteiger partial charge < -0.3 is 0 Å². The number of carbonyl (C=O) groups excluding carboxylic acids is 1. The highest BCUT2D eigenvalue weighted by Crippen LogP contribution is 2.20. The second kappa shape index (κ2) is 8.32. The molecule has 0 spiro atoms. The van der Waals surface area contributed by atoms with Gasteiger partial charge in [0.2, 0.25) is 4.77 Å². The van der Waals surface area contributed by atoms with E-state index in [-0.39, 0.29) is 21.0 Å². The van der Waals surface area contributed by atoms with Gasteiger partial charge in [-0.3, -0.25) is 20.4 Å². The zero-order chi connectivity index (χ0) is 21.0. The first kappa shape index (κ1) is 20.3. The minimum absolute atomic E-state index is 0.0297. The van der Waals surface area contributed by atoms with Crippen molar-refractivity contribution < 1.29 is 22.0 Å². The lowest BCUT2D eigenvalue weighted by molar-refractivity contribution is -0.131. The van der Waals surface area contributed by atoms with Gasteiger partial charge in [0.1, 0.15) is 0 Å². The number of sulfonamides is 1. The lowest BCUT2D eigenvalue weighted by Gasteiger charge is -2.11. The average molecular weight is 441 g/mol. The number of halogens is 2. The van der Waals surface area contributed by atoms with Crippen LogP contribution >= 0.6 is 12.2 Å². The molecule has 1 amide bonds. The van der Waals surface area contributed by atoms with Crippen molar-refractivity contribution in [1.82, 2.24) is 25.6 Å². The van der Waals surface area contributed by atoms with Crippen LogP contribution < -0.4 is 15.6 Å². The summed E-state index contributed by atoms with van der Waals surface area (Å²) in [5, 5.41) is 9.71. The van der Waals surface area contributed by atoms with E-state index in [0.717, 1.165) is 0 Å². The van der Waals surface area contributed by atoms with E-state index < -0.39 is 22.4 Å². The highest BCUT2D eigenvalue weighted by Gasteiger charge is 2.16. The predicted molar refractivity (Wildman–Crippen MR) is 102 cm³/mol. The number of alkyl halides is 2. The van der Waals surface area contributed by atoms with Crippen molar-refractivity contribution in [1.29, 1.82) is 0 Å². The molecule has 0 fully saturated rings. The van der Waals surface area contributed by atoms with E-state index in [1.807, 2.05) is 5.43 Å². The van der Waals surface area contributed by atoms with Crippen molar-refractivity contribution in [3.63, 3.8) is 0 Å². The minimum atomic E-state index is -3.93. The molecule has 0 aliphatic heterocycles. The van der Waals surface area contributed by atoms with Crippen molar-refractivity contribution in [2.75, 3.05) is 10.1 Å². The Morgan fingerprint density at radius 1 is 1.14 bits per heavy atom. The molecule has 3 aromatic rings. The van der Waals surface area contributed by atoms with Crippen LogP contribution in [0.4, 0.5) is 20.2 Å². The van der Waals surface area contributed by atoms with Crippen LogP contribution in [0.3, 0.4) is 0 Å². The highest BCUT2D eigenvalue weighted by molar-refractivity contribution is 7.92. The summed E-state index contributed by atoms with van der Waals surface area (Å²) in [4.78, 5) is 10.8. The van der Waals surface area contributed by atoms with E-state index in [0.29, 0.717) is 5.69 Å². The number of aromatic amines is 1. The van der Waals surface area contributed by atoms with Crippen LogP contribution in [-0.2, 0) is 14.8 Å². The Kier molecular flexibility index (Phi) is 5.84. The summed E-state index contributed by atoms with van der Waals surface area (Å²) in [6.07, 6.45) is -3.16. The van der Waals surface area contributed by atoms with Crippen LogP contribution in [0.1, 0.15) is 0 Å². The van der Waals surface area contributed by atoms with Gasteiger partial charge in [0.05, 0.1) is 16.3 Å². The van der Waals surface area contributed by atoms with Crippen LogP contribution in [0.25, 0.3) is 5.69 Å². The molecule has 152 valence electrons. The van der Waals surface area contributed by atoms with Crippen LogP contribution in [-0.4, -0.2) is 41.0 Å². The van der Waals surface area contributed by atoms with Crippen LogP contribution in [0.15, 0.2) is 53.4 Å². The topological polar surface area (TPSA) is 134 Å². The van der Waals surface area contributed by atoms with Crippen molar-refractivity contribution in [2.45, 2.75) is 11.3 Å². The third kappa shape index (κ3) is 4.91. The first-order valence-electron chi connectivity index (χ1n) is 7.84. The number of tetrazole rings is 1. The van der Waals surface area contributed by atoms with E-state index >= 15 is 0 Å². The first-order valence-corrected chi connectivity index (χ1v) is 9.73. The van der Waals surface area contributed by atoms with E-state index in [9.17, 15) is 22.0 Å². The maximum atomic E-state index is 12.6. The summed E-state index contributed by atoms with van der Waals surface area (Å²) in [5.41, 5.74) is 5.04. The molecule has 0 bridgehead atoms. The van der Waals surface area contributed by atoms with Gasteiger partial charge in [0.25, 0.3) is 10.0 Å². The van der Waals surface area contributed by atoms with Crippen LogP contribution in [0.5, 0.6) is 0 Å².